The molecule has 7 nitrogen and oxygen atoms in total. The number of aromatic amines is 1. The molecule has 1 fully saturated rings. The van der Waals surface area contributed by atoms with Crippen molar-refractivity contribution in [3.8, 4) is 0 Å². The quantitative estimate of drug-likeness (QED) is 0.771. The van der Waals surface area contributed by atoms with Crippen molar-refractivity contribution in [1.82, 2.24) is 29.7 Å². The number of piperidine rings is 1. The Morgan fingerprint density at radius 3 is 2.81 bits per heavy atom. The molecule has 1 saturated heterocycles. The van der Waals surface area contributed by atoms with Gasteiger partial charge in [0.1, 0.15) is 11.8 Å². The SMILES string of the molecule is Cn1cc(C2CCN(c3ncnc4nc[nH]c34)CC2)cn1. The van der Waals surface area contributed by atoms with Gasteiger partial charge in [-0.2, -0.15) is 5.10 Å². The fraction of sp³-hybridized carbons (Fsp3) is 0.429. The fourth-order valence-corrected chi connectivity index (χ4v) is 3.07. The third-order valence-corrected chi connectivity index (χ3v) is 4.19. The topological polar surface area (TPSA) is 75.5 Å². The first-order valence-corrected chi connectivity index (χ1v) is 7.19. The molecule has 0 saturated carbocycles. The summed E-state index contributed by atoms with van der Waals surface area (Å²) < 4.78 is 1.88. The molecule has 0 unspecified atom stereocenters. The number of aromatic nitrogens is 6. The minimum absolute atomic E-state index is 0.592. The lowest BCUT2D eigenvalue weighted by Gasteiger charge is -2.32. The zero-order valence-electron chi connectivity index (χ0n) is 11.9. The predicted molar refractivity (Wildman–Crippen MR) is 79.1 cm³/mol. The van der Waals surface area contributed by atoms with Crippen LogP contribution in [0.5, 0.6) is 0 Å². The maximum absolute atomic E-state index is 4.43. The Morgan fingerprint density at radius 2 is 2.05 bits per heavy atom. The number of H-pyrrole nitrogens is 1. The molecule has 1 aliphatic rings. The van der Waals surface area contributed by atoms with Crippen LogP contribution in [0.25, 0.3) is 11.2 Å². The van der Waals surface area contributed by atoms with Crippen LogP contribution in [0, 0.1) is 0 Å². The predicted octanol–water partition coefficient (Wildman–Crippen LogP) is 1.47. The van der Waals surface area contributed by atoms with Crippen molar-refractivity contribution in [2.24, 2.45) is 7.05 Å². The van der Waals surface area contributed by atoms with Gasteiger partial charge in [0, 0.05) is 26.3 Å². The zero-order valence-corrected chi connectivity index (χ0v) is 11.9. The van der Waals surface area contributed by atoms with E-state index in [0.29, 0.717) is 5.92 Å². The first kappa shape index (κ1) is 12.3. The molecule has 3 aromatic heterocycles. The van der Waals surface area contributed by atoms with E-state index in [4.69, 9.17) is 0 Å². The Labute approximate surface area is 122 Å². The van der Waals surface area contributed by atoms with Crippen LogP contribution in [-0.2, 0) is 7.05 Å². The van der Waals surface area contributed by atoms with Crippen molar-refractivity contribution in [3.63, 3.8) is 0 Å². The molecule has 0 spiro atoms. The molecule has 4 rings (SSSR count). The monoisotopic (exact) mass is 283 g/mol. The molecular formula is C14H17N7. The highest BCUT2D eigenvalue weighted by molar-refractivity contribution is 5.82. The lowest BCUT2D eigenvalue weighted by Crippen LogP contribution is -2.33. The maximum Gasteiger partial charge on any atom is 0.182 e. The van der Waals surface area contributed by atoms with Crippen molar-refractivity contribution in [1.29, 1.82) is 0 Å². The summed E-state index contributed by atoms with van der Waals surface area (Å²) in [6.45, 7) is 1.98. The second-order valence-corrected chi connectivity index (χ2v) is 5.51. The summed E-state index contributed by atoms with van der Waals surface area (Å²) >= 11 is 0. The van der Waals surface area contributed by atoms with E-state index in [1.165, 1.54) is 5.56 Å². The Bertz CT molecular complexity index is 751. The molecule has 4 heterocycles. The number of hydrogen-bond donors (Lipinski definition) is 1. The minimum atomic E-state index is 0.592. The fourth-order valence-electron chi connectivity index (χ4n) is 3.07. The molecule has 1 aliphatic heterocycles. The molecule has 0 bridgehead atoms. The lowest BCUT2D eigenvalue weighted by atomic mass is 9.91. The van der Waals surface area contributed by atoms with E-state index in [-0.39, 0.29) is 0 Å². The van der Waals surface area contributed by atoms with E-state index in [2.05, 4.69) is 36.1 Å². The van der Waals surface area contributed by atoms with Crippen LogP contribution in [0.1, 0.15) is 24.3 Å². The van der Waals surface area contributed by atoms with Crippen molar-refractivity contribution in [2.45, 2.75) is 18.8 Å². The average molecular weight is 283 g/mol. The number of nitrogens with one attached hydrogen (secondary N) is 1. The maximum atomic E-state index is 4.43. The van der Waals surface area contributed by atoms with Crippen LogP contribution in [0.3, 0.4) is 0 Å². The van der Waals surface area contributed by atoms with Gasteiger partial charge in [-0.1, -0.05) is 0 Å². The summed E-state index contributed by atoms with van der Waals surface area (Å²) in [4.78, 5) is 18.3. The minimum Gasteiger partial charge on any atom is -0.355 e. The summed E-state index contributed by atoms with van der Waals surface area (Å²) in [7, 11) is 1.97. The second kappa shape index (κ2) is 4.83. The Morgan fingerprint density at radius 1 is 1.19 bits per heavy atom. The van der Waals surface area contributed by atoms with E-state index in [0.717, 1.165) is 42.9 Å². The second-order valence-electron chi connectivity index (χ2n) is 5.51. The van der Waals surface area contributed by atoms with Gasteiger partial charge in [0.05, 0.1) is 12.5 Å². The van der Waals surface area contributed by atoms with E-state index < -0.39 is 0 Å². The Kier molecular flexibility index (Phi) is 2.83. The van der Waals surface area contributed by atoms with Gasteiger partial charge in [-0.25, -0.2) is 15.0 Å². The lowest BCUT2D eigenvalue weighted by molar-refractivity contribution is 0.503. The van der Waals surface area contributed by atoms with Gasteiger partial charge in [-0.3, -0.25) is 4.68 Å². The van der Waals surface area contributed by atoms with Crippen LogP contribution >= 0.6 is 0 Å². The highest BCUT2D eigenvalue weighted by Gasteiger charge is 2.24. The van der Waals surface area contributed by atoms with Gasteiger partial charge >= 0.3 is 0 Å². The molecule has 0 radical (unpaired) electrons. The third kappa shape index (κ3) is 2.14. The van der Waals surface area contributed by atoms with E-state index in [1.54, 1.807) is 12.7 Å². The number of hydrogen-bond acceptors (Lipinski definition) is 5. The summed E-state index contributed by atoms with van der Waals surface area (Å²) in [5.41, 5.74) is 3.00. The van der Waals surface area contributed by atoms with Gasteiger partial charge in [0.15, 0.2) is 11.5 Å². The molecule has 7 heteroatoms. The average Bonchev–Trinajstić information content (AvgIpc) is 3.15. The van der Waals surface area contributed by atoms with Gasteiger partial charge in [0.25, 0.3) is 0 Å². The molecule has 1 N–H and O–H groups in total. The van der Waals surface area contributed by atoms with Crippen LogP contribution in [0.15, 0.2) is 25.0 Å². The van der Waals surface area contributed by atoms with Crippen molar-refractivity contribution in [2.75, 3.05) is 18.0 Å². The van der Waals surface area contributed by atoms with E-state index in [9.17, 15) is 0 Å². The number of rotatable bonds is 2. The molecule has 0 aromatic carbocycles. The van der Waals surface area contributed by atoms with Gasteiger partial charge < -0.3 is 9.88 Å². The van der Waals surface area contributed by atoms with Crippen molar-refractivity contribution < 1.29 is 0 Å². The van der Waals surface area contributed by atoms with Crippen molar-refractivity contribution in [3.05, 3.63) is 30.6 Å². The van der Waals surface area contributed by atoms with Crippen LogP contribution in [0.4, 0.5) is 5.82 Å². The van der Waals surface area contributed by atoms with Crippen molar-refractivity contribution >= 4 is 17.0 Å². The molecule has 0 aliphatic carbocycles. The summed E-state index contributed by atoms with van der Waals surface area (Å²) in [6, 6.07) is 0. The summed E-state index contributed by atoms with van der Waals surface area (Å²) in [6.07, 6.45) is 9.60. The zero-order chi connectivity index (χ0) is 14.2. The summed E-state index contributed by atoms with van der Waals surface area (Å²) in [5.74, 6) is 1.55. The standard InChI is InChI=1S/C14H17N7/c1-20-7-11(6-19-20)10-2-4-21(5-3-10)14-12-13(16-8-15-12)17-9-18-14/h6-10H,2-5H2,1H3,(H,15,16,17,18). The molecule has 21 heavy (non-hydrogen) atoms. The molecule has 3 aromatic rings. The summed E-state index contributed by atoms with van der Waals surface area (Å²) in [5, 5.41) is 4.27. The van der Waals surface area contributed by atoms with E-state index in [1.807, 2.05) is 17.9 Å². The number of anilines is 1. The number of imidazole rings is 1. The molecular weight excluding hydrogens is 266 g/mol. The third-order valence-electron chi connectivity index (χ3n) is 4.19. The van der Waals surface area contributed by atoms with Gasteiger partial charge in [-0.15, -0.1) is 0 Å². The van der Waals surface area contributed by atoms with Crippen LogP contribution < -0.4 is 4.90 Å². The normalized spacial score (nSPS) is 16.7. The van der Waals surface area contributed by atoms with Gasteiger partial charge in [-0.05, 0) is 24.3 Å². The largest absolute Gasteiger partial charge is 0.355 e. The molecule has 0 amide bonds. The first-order chi connectivity index (χ1) is 10.3. The first-order valence-electron chi connectivity index (χ1n) is 7.19. The highest BCUT2D eigenvalue weighted by atomic mass is 15.2. The number of nitrogens with zero attached hydrogens (tertiary/aromatic N) is 6. The number of aryl methyl sites for hydroxylation is 1. The molecule has 0 atom stereocenters. The van der Waals surface area contributed by atoms with E-state index >= 15 is 0 Å². The highest BCUT2D eigenvalue weighted by Crippen LogP contribution is 2.31. The Balaban J connectivity index is 1.53. The Hall–Kier alpha value is -2.44. The van der Waals surface area contributed by atoms with Gasteiger partial charge in [0.2, 0.25) is 0 Å². The van der Waals surface area contributed by atoms with Crippen LogP contribution in [0.2, 0.25) is 0 Å². The number of fused-ring (bicyclic) bond motifs is 1. The molecule has 108 valence electrons. The smallest absolute Gasteiger partial charge is 0.182 e. The van der Waals surface area contributed by atoms with Crippen LogP contribution in [-0.4, -0.2) is 42.8 Å².